The van der Waals surface area contributed by atoms with Crippen LogP contribution >= 0.6 is 46.4 Å². The van der Waals surface area contributed by atoms with E-state index in [1.54, 1.807) is 24.4 Å². The first kappa shape index (κ1) is 23.2. The van der Waals surface area contributed by atoms with E-state index in [0.717, 1.165) is 4.34 Å². The number of nitrogens with two attached hydrogens (primary N) is 1. The van der Waals surface area contributed by atoms with Gasteiger partial charge in [-0.15, -0.1) is 23.1 Å². The van der Waals surface area contributed by atoms with Crippen molar-refractivity contribution < 1.29 is 24.2 Å². The van der Waals surface area contributed by atoms with Crippen molar-refractivity contribution in [3.63, 3.8) is 0 Å². The van der Waals surface area contributed by atoms with Crippen LogP contribution in [-0.4, -0.2) is 66.9 Å². The summed E-state index contributed by atoms with van der Waals surface area (Å²) in [4.78, 5) is 44.0. The second-order valence-electron chi connectivity index (χ2n) is 6.91. The Kier molecular flexibility index (Phi) is 6.61. The summed E-state index contributed by atoms with van der Waals surface area (Å²) in [6.45, 7) is 1.78. The summed E-state index contributed by atoms with van der Waals surface area (Å²) in [7, 11) is 1.31. The molecule has 0 saturated carbocycles. The summed E-state index contributed by atoms with van der Waals surface area (Å²) in [6.07, 6.45) is 0. The third-order valence-electron chi connectivity index (χ3n) is 4.95. The van der Waals surface area contributed by atoms with Crippen LogP contribution in [0.15, 0.2) is 33.1 Å². The quantitative estimate of drug-likeness (QED) is 0.269. The molecule has 2 amide bonds. The van der Waals surface area contributed by atoms with Gasteiger partial charge in [0.05, 0.1) is 0 Å². The van der Waals surface area contributed by atoms with Crippen molar-refractivity contribution in [2.75, 3.05) is 18.6 Å². The highest BCUT2D eigenvalue weighted by atomic mass is 32.2. The zero-order valence-corrected chi connectivity index (χ0v) is 20.2. The van der Waals surface area contributed by atoms with Gasteiger partial charge in [-0.3, -0.25) is 14.5 Å². The number of aryl methyl sites for hydroxylation is 1. The van der Waals surface area contributed by atoms with Gasteiger partial charge in [-0.1, -0.05) is 17.8 Å². The Morgan fingerprint density at radius 2 is 2.31 bits per heavy atom. The normalized spacial score (nSPS) is 23.5. The molecule has 10 nitrogen and oxygen atoms in total. The van der Waals surface area contributed by atoms with E-state index in [1.165, 1.54) is 58.4 Å². The lowest BCUT2D eigenvalue weighted by Gasteiger charge is -2.56. The number of β-lactam (4-membered cyclic amide) rings is 1. The Hall–Kier alpha value is -1.97. The maximum atomic E-state index is 13.1. The van der Waals surface area contributed by atoms with Crippen LogP contribution in [-0.2, 0) is 19.1 Å². The number of aromatic nitrogens is 2. The van der Waals surface area contributed by atoms with E-state index in [4.69, 9.17) is 10.5 Å². The number of nitrogens with one attached hydrogen (secondary N) is 1. The monoisotopic (exact) mass is 513 g/mol. The van der Waals surface area contributed by atoms with Crippen molar-refractivity contribution in [1.82, 2.24) is 19.6 Å². The number of methoxy groups -OCH3 is 1. The summed E-state index contributed by atoms with van der Waals surface area (Å²) in [6, 6.07) is 2.54. The van der Waals surface area contributed by atoms with Crippen LogP contribution < -0.4 is 11.1 Å². The molecule has 4 rings (SSSR count). The molecule has 2 aliphatic rings. The maximum absolute atomic E-state index is 13.1. The predicted octanol–water partition coefficient (Wildman–Crippen LogP) is 1.41. The molecule has 2 unspecified atom stereocenters. The third-order valence-corrected chi connectivity index (χ3v) is 9.29. The van der Waals surface area contributed by atoms with E-state index >= 15 is 0 Å². The molecule has 2 aliphatic heterocycles. The van der Waals surface area contributed by atoms with Crippen LogP contribution in [0.1, 0.15) is 16.7 Å². The maximum Gasteiger partial charge on any atom is 0.352 e. The largest absolute Gasteiger partial charge is 0.477 e. The molecular formula is C18H19N5O5S4. The molecule has 170 valence electrons. The predicted molar refractivity (Wildman–Crippen MR) is 122 cm³/mol. The molecule has 3 atom stereocenters. The smallest absolute Gasteiger partial charge is 0.352 e. The fourth-order valence-corrected chi connectivity index (χ4v) is 7.35. The van der Waals surface area contributed by atoms with E-state index < -0.39 is 34.9 Å². The number of ether oxygens (including phenoxy) is 1. The van der Waals surface area contributed by atoms with Crippen LogP contribution in [0.25, 0.3) is 0 Å². The highest BCUT2D eigenvalue weighted by Gasteiger charge is 2.66. The molecule has 2 aromatic heterocycles. The first-order valence-corrected chi connectivity index (χ1v) is 13.0. The highest BCUT2D eigenvalue weighted by Crippen LogP contribution is 2.47. The van der Waals surface area contributed by atoms with Crippen LogP contribution in [0.3, 0.4) is 0 Å². The number of thioether (sulfide) groups is 2. The van der Waals surface area contributed by atoms with Gasteiger partial charge in [-0.2, -0.15) is 4.37 Å². The fourth-order valence-electron chi connectivity index (χ4n) is 3.40. The first-order valence-electron chi connectivity index (χ1n) is 9.28. The Morgan fingerprint density at radius 1 is 1.53 bits per heavy atom. The van der Waals surface area contributed by atoms with Crippen molar-refractivity contribution in [2.24, 2.45) is 5.73 Å². The van der Waals surface area contributed by atoms with Crippen molar-refractivity contribution in [1.29, 1.82) is 0 Å². The van der Waals surface area contributed by atoms with Crippen molar-refractivity contribution >= 4 is 64.2 Å². The molecule has 2 aromatic rings. The molecule has 0 spiro atoms. The van der Waals surface area contributed by atoms with Crippen LogP contribution in [0, 0.1) is 6.92 Å². The van der Waals surface area contributed by atoms with Gasteiger partial charge in [-0.25, -0.2) is 9.78 Å². The number of aliphatic carboxylic acids is 1. The van der Waals surface area contributed by atoms with Crippen molar-refractivity contribution in [3.05, 3.63) is 39.5 Å². The van der Waals surface area contributed by atoms with Gasteiger partial charge in [0, 0.05) is 23.5 Å². The van der Waals surface area contributed by atoms with Crippen LogP contribution in [0.5, 0.6) is 0 Å². The van der Waals surface area contributed by atoms with Crippen molar-refractivity contribution in [3.8, 4) is 0 Å². The Bertz CT molecular complexity index is 1090. The van der Waals surface area contributed by atoms with Gasteiger partial charge in [0.25, 0.3) is 11.6 Å². The molecule has 14 heteroatoms. The van der Waals surface area contributed by atoms with E-state index in [2.05, 4.69) is 14.7 Å². The molecule has 0 aliphatic carbocycles. The number of thiophene rings is 1. The first-order chi connectivity index (χ1) is 15.3. The average molecular weight is 514 g/mol. The summed E-state index contributed by atoms with van der Waals surface area (Å²) in [5.74, 6) is -1.05. The molecule has 1 fully saturated rings. The minimum atomic E-state index is -1.67. The summed E-state index contributed by atoms with van der Waals surface area (Å²) in [5.41, 5.74) is 4.86. The van der Waals surface area contributed by atoms with Gasteiger partial charge in [0.15, 0.2) is 4.34 Å². The minimum Gasteiger partial charge on any atom is -0.477 e. The van der Waals surface area contributed by atoms with Gasteiger partial charge >= 0.3 is 5.97 Å². The summed E-state index contributed by atoms with van der Waals surface area (Å²) >= 11 is 5.27. The molecule has 0 radical (unpaired) electrons. The molecule has 0 aromatic carbocycles. The standard InChI is InChI=1S/C18H19N5O5S4/c1-8-20-17(32-22-8)31-7-9-6-30-16-18(28-2,15(27)23(16)12(9)14(25)26)21-13(24)11(19)10-4-3-5-29-10/h3-5,11,16H,6-7,19H2,1-2H3,(H,21,24)(H,25,26)/t11?,16?,18-/m0/s1. The number of nitrogens with zero attached hydrogens (tertiary/aromatic N) is 3. The molecule has 0 bridgehead atoms. The van der Waals surface area contributed by atoms with Gasteiger partial charge < -0.3 is 20.9 Å². The van der Waals surface area contributed by atoms with Crippen LogP contribution in [0.2, 0.25) is 0 Å². The molecule has 4 heterocycles. The number of rotatable bonds is 8. The van der Waals surface area contributed by atoms with E-state index in [1.807, 2.05) is 0 Å². The molecular weight excluding hydrogens is 494 g/mol. The zero-order chi connectivity index (χ0) is 23.0. The van der Waals surface area contributed by atoms with Gasteiger partial charge in [-0.05, 0) is 35.5 Å². The fraction of sp³-hybridized carbons (Fsp3) is 0.389. The van der Waals surface area contributed by atoms with Gasteiger partial charge in [0.2, 0.25) is 5.91 Å². The van der Waals surface area contributed by atoms with E-state index in [-0.39, 0.29) is 5.70 Å². The van der Waals surface area contributed by atoms with Crippen LogP contribution in [0.4, 0.5) is 0 Å². The number of carboxylic acid groups (broad SMARTS) is 1. The number of hydrogen-bond donors (Lipinski definition) is 3. The molecule has 1 saturated heterocycles. The number of fused-ring (bicyclic) bond motifs is 1. The number of hydrogen-bond acceptors (Lipinski definition) is 11. The SMILES string of the molecule is CO[C@@]1(NC(=O)C(N)c2cccs2)C(=O)N2C(C(=O)O)=C(CSc3nc(C)ns3)CSC21. The summed E-state index contributed by atoms with van der Waals surface area (Å²) < 4.78 is 10.3. The number of carboxylic acids is 1. The minimum absolute atomic E-state index is 0.0861. The topological polar surface area (TPSA) is 148 Å². The molecule has 32 heavy (non-hydrogen) atoms. The lowest BCUT2D eigenvalue weighted by molar-refractivity contribution is -0.192. The highest BCUT2D eigenvalue weighted by molar-refractivity contribution is 8.01. The Morgan fingerprint density at radius 3 is 2.91 bits per heavy atom. The third kappa shape index (κ3) is 3.95. The van der Waals surface area contributed by atoms with E-state index in [0.29, 0.717) is 27.8 Å². The summed E-state index contributed by atoms with van der Waals surface area (Å²) in [5, 5.41) is 13.5. The number of amides is 2. The van der Waals surface area contributed by atoms with Crippen molar-refractivity contribution in [2.45, 2.75) is 28.4 Å². The number of carbonyl (C=O) groups is 3. The zero-order valence-electron chi connectivity index (χ0n) is 16.9. The average Bonchev–Trinajstić information content (AvgIpc) is 3.46. The lowest BCUT2D eigenvalue weighted by Crippen LogP contribution is -2.81. The molecule has 4 N–H and O–H groups in total. The number of carbonyl (C=O) groups excluding carboxylic acids is 2. The van der Waals surface area contributed by atoms with E-state index in [9.17, 15) is 19.5 Å². The second kappa shape index (κ2) is 9.11. The Balaban J connectivity index is 1.54. The lowest BCUT2D eigenvalue weighted by atomic mass is 9.97. The van der Waals surface area contributed by atoms with Gasteiger partial charge in [0.1, 0.15) is 22.9 Å². The second-order valence-corrected chi connectivity index (χ2v) is 10.9. The Labute approximate surface area is 199 Å².